The molecule has 1 aliphatic heterocycles. The summed E-state index contributed by atoms with van der Waals surface area (Å²) >= 11 is 0. The van der Waals surface area contributed by atoms with Gasteiger partial charge in [0.05, 0.1) is 25.1 Å². The first-order chi connectivity index (χ1) is 19.6. The number of hydrogen-bond donors (Lipinski definition) is 3. The highest BCUT2D eigenvalue weighted by Crippen LogP contribution is 2.23. The highest BCUT2D eigenvalue weighted by molar-refractivity contribution is 5.98. The molecule has 1 aromatic heterocycles. The monoisotopic (exact) mass is 577 g/mol. The molecular weight excluding hydrogens is 534 g/mol. The van der Waals surface area contributed by atoms with E-state index in [2.05, 4.69) is 20.5 Å². The number of nitrogens with zero attached hydrogens (tertiary/aromatic N) is 4. The van der Waals surface area contributed by atoms with Gasteiger partial charge in [0.15, 0.2) is 5.82 Å². The van der Waals surface area contributed by atoms with Crippen molar-refractivity contribution in [1.29, 1.82) is 0 Å². The molecule has 2 heterocycles. The lowest BCUT2D eigenvalue weighted by Gasteiger charge is -2.35. The van der Waals surface area contributed by atoms with Gasteiger partial charge in [0.25, 0.3) is 5.91 Å². The first-order valence-electron chi connectivity index (χ1n) is 13.7. The average molecular weight is 578 g/mol. The molecule has 1 saturated heterocycles. The maximum Gasteiger partial charge on any atom is 0.250 e. The molecule has 2 aromatic carbocycles. The zero-order chi connectivity index (χ0) is 29.4. The lowest BCUT2D eigenvalue weighted by Crippen LogP contribution is -2.56. The van der Waals surface area contributed by atoms with Crippen LogP contribution in [-0.2, 0) is 25.7 Å². The summed E-state index contributed by atoms with van der Waals surface area (Å²) in [6, 6.07) is 17.4. The molecule has 1 fully saturated rings. The van der Waals surface area contributed by atoms with Crippen LogP contribution in [0.15, 0.2) is 73.2 Å². The summed E-state index contributed by atoms with van der Waals surface area (Å²) in [5.74, 6) is -0.795. The number of aromatic nitrogens is 2. The third kappa shape index (κ3) is 8.72. The minimum absolute atomic E-state index is 0. The molecule has 3 amide bonds. The normalized spacial score (nSPS) is 15.3. The third-order valence-corrected chi connectivity index (χ3v) is 6.92. The van der Waals surface area contributed by atoms with Gasteiger partial charge in [0.1, 0.15) is 12.1 Å². The van der Waals surface area contributed by atoms with Gasteiger partial charge in [-0.1, -0.05) is 68.1 Å². The number of hydrogen-bond acceptors (Lipinski definition) is 7. The fourth-order valence-corrected chi connectivity index (χ4v) is 4.43. The molecule has 3 aromatic rings. The molecule has 1 unspecified atom stereocenters. The van der Waals surface area contributed by atoms with Gasteiger partial charge in [-0.25, -0.2) is 4.98 Å². The van der Waals surface area contributed by atoms with Crippen molar-refractivity contribution in [2.24, 2.45) is 5.73 Å². The van der Waals surface area contributed by atoms with Gasteiger partial charge < -0.3 is 35.5 Å². The number of likely N-dealkylation sites (N-methyl/N-ethyl adjacent to an activating group) is 1. The van der Waals surface area contributed by atoms with Crippen LogP contribution in [0.1, 0.15) is 38.4 Å². The molecule has 4 N–H and O–H groups in total. The molecule has 1 aliphatic rings. The van der Waals surface area contributed by atoms with Crippen LogP contribution in [0.5, 0.6) is 0 Å². The van der Waals surface area contributed by atoms with Crippen LogP contribution < -0.4 is 16.4 Å². The van der Waals surface area contributed by atoms with Gasteiger partial charge in [-0.15, -0.1) is 0 Å². The zero-order valence-electron chi connectivity index (χ0n) is 23.8. The minimum atomic E-state index is -1.19. The predicted molar refractivity (Wildman–Crippen MR) is 163 cm³/mol. The van der Waals surface area contributed by atoms with Gasteiger partial charge in [-0.3, -0.25) is 14.4 Å². The minimum Gasteiger partial charge on any atom is -0.374 e. The van der Waals surface area contributed by atoms with E-state index in [1.165, 1.54) is 6.33 Å². The number of carbonyl (C=O) groups is 3. The Balaban J connectivity index is 0.00000484. The highest BCUT2D eigenvalue weighted by Gasteiger charge is 2.31. The average Bonchev–Trinajstić information content (AvgIpc) is 3.41. The number of amides is 3. The standard InChI is InChI=1S/C30H39N7O4.CH4/c1-30(2,31)29(40)33-24(20-41-19-22-10-6-4-7-11-22)27(38)34-25-18-37(21-32-25)26(23-12-8-5-9-13-23)28(39)36-16-14-35(3)15-17-36;/h4-13,18,21,24,26H,14-17,19-20,31H2,1-3H3,(H,33,40)(H,34,38);1H4/t24-,26?;/m1./s1. The quantitative estimate of drug-likeness (QED) is 0.318. The van der Waals surface area contributed by atoms with Crippen molar-refractivity contribution < 1.29 is 19.1 Å². The van der Waals surface area contributed by atoms with Crippen LogP contribution >= 0.6 is 0 Å². The molecule has 0 radical (unpaired) electrons. The Hall–Kier alpha value is -4.06. The van der Waals surface area contributed by atoms with Gasteiger partial charge in [-0.05, 0) is 32.0 Å². The number of rotatable bonds is 11. The number of benzene rings is 2. The molecule has 11 heteroatoms. The van der Waals surface area contributed by atoms with E-state index in [1.54, 1.807) is 24.6 Å². The van der Waals surface area contributed by atoms with Crippen LogP contribution in [0.25, 0.3) is 0 Å². The van der Waals surface area contributed by atoms with Gasteiger partial charge >= 0.3 is 0 Å². The Kier molecular flexibility index (Phi) is 11.4. The smallest absolute Gasteiger partial charge is 0.250 e. The lowest BCUT2D eigenvalue weighted by molar-refractivity contribution is -0.135. The van der Waals surface area contributed by atoms with Crippen LogP contribution in [-0.4, -0.2) is 88.5 Å². The number of piperazine rings is 1. The van der Waals surface area contributed by atoms with E-state index < -0.39 is 29.4 Å². The van der Waals surface area contributed by atoms with E-state index in [0.29, 0.717) is 13.1 Å². The number of anilines is 1. The predicted octanol–water partition coefficient (Wildman–Crippen LogP) is 2.26. The van der Waals surface area contributed by atoms with E-state index in [0.717, 1.165) is 24.2 Å². The summed E-state index contributed by atoms with van der Waals surface area (Å²) in [5.41, 5.74) is 6.52. The molecule has 11 nitrogen and oxygen atoms in total. The van der Waals surface area contributed by atoms with Gasteiger partial charge in [0, 0.05) is 32.4 Å². The first-order valence-corrected chi connectivity index (χ1v) is 13.7. The van der Waals surface area contributed by atoms with Gasteiger partial charge in [-0.2, -0.15) is 0 Å². The van der Waals surface area contributed by atoms with Crippen molar-refractivity contribution in [3.05, 3.63) is 84.3 Å². The summed E-state index contributed by atoms with van der Waals surface area (Å²) < 4.78 is 7.47. The molecule has 42 heavy (non-hydrogen) atoms. The molecule has 2 atom stereocenters. The fraction of sp³-hybridized carbons (Fsp3) is 0.419. The first kappa shape index (κ1) is 32.5. The van der Waals surface area contributed by atoms with E-state index in [1.807, 2.05) is 72.6 Å². The van der Waals surface area contributed by atoms with E-state index >= 15 is 0 Å². The fourth-order valence-electron chi connectivity index (χ4n) is 4.43. The van der Waals surface area contributed by atoms with E-state index in [-0.39, 0.29) is 32.4 Å². The third-order valence-electron chi connectivity index (χ3n) is 6.92. The molecule has 0 saturated carbocycles. The summed E-state index contributed by atoms with van der Waals surface area (Å²) in [4.78, 5) is 48.0. The highest BCUT2D eigenvalue weighted by atomic mass is 16.5. The Morgan fingerprint density at radius 3 is 2.24 bits per heavy atom. The number of nitrogens with two attached hydrogens (primary N) is 1. The largest absolute Gasteiger partial charge is 0.374 e. The Labute approximate surface area is 248 Å². The summed E-state index contributed by atoms with van der Waals surface area (Å²) in [6.07, 6.45) is 3.16. The second-order valence-corrected chi connectivity index (χ2v) is 10.9. The second kappa shape index (κ2) is 14.7. The van der Waals surface area contributed by atoms with Gasteiger partial charge in [0.2, 0.25) is 11.8 Å². The Bertz CT molecular complexity index is 1300. The Morgan fingerprint density at radius 2 is 1.62 bits per heavy atom. The molecule has 0 bridgehead atoms. The maximum absolute atomic E-state index is 13.7. The number of imidazole rings is 1. The van der Waals surface area contributed by atoms with E-state index in [9.17, 15) is 14.4 Å². The van der Waals surface area contributed by atoms with E-state index in [4.69, 9.17) is 10.5 Å². The molecule has 0 aliphatic carbocycles. The molecular formula is C31H43N7O4. The van der Waals surface area contributed by atoms with Crippen molar-refractivity contribution in [2.45, 2.75) is 45.5 Å². The summed E-state index contributed by atoms with van der Waals surface area (Å²) in [6.45, 7) is 6.20. The lowest BCUT2D eigenvalue weighted by atomic mass is 10.0. The summed E-state index contributed by atoms with van der Waals surface area (Å²) in [7, 11) is 2.04. The van der Waals surface area contributed by atoms with Crippen molar-refractivity contribution in [2.75, 3.05) is 45.2 Å². The van der Waals surface area contributed by atoms with Crippen LogP contribution in [0.2, 0.25) is 0 Å². The number of carbonyl (C=O) groups excluding carboxylic acids is 3. The zero-order valence-corrected chi connectivity index (χ0v) is 23.8. The van der Waals surface area contributed by atoms with Crippen molar-refractivity contribution >= 4 is 23.5 Å². The van der Waals surface area contributed by atoms with Crippen molar-refractivity contribution in [3.8, 4) is 0 Å². The molecule has 4 rings (SSSR count). The second-order valence-electron chi connectivity index (χ2n) is 10.9. The van der Waals surface area contributed by atoms with Crippen molar-refractivity contribution in [1.82, 2.24) is 24.7 Å². The number of nitrogens with one attached hydrogen (secondary N) is 2. The van der Waals surface area contributed by atoms with Crippen LogP contribution in [0, 0.1) is 0 Å². The molecule has 0 spiro atoms. The topological polar surface area (TPSA) is 135 Å². The summed E-state index contributed by atoms with van der Waals surface area (Å²) in [5, 5.41) is 5.44. The van der Waals surface area contributed by atoms with Crippen molar-refractivity contribution in [3.63, 3.8) is 0 Å². The number of ether oxygens (including phenoxy) is 1. The van der Waals surface area contributed by atoms with Crippen LogP contribution in [0.4, 0.5) is 5.82 Å². The maximum atomic E-state index is 13.7. The van der Waals surface area contributed by atoms with Crippen LogP contribution in [0.3, 0.4) is 0 Å². The SMILES string of the molecule is C.CN1CCN(C(=O)C(c2ccccc2)n2cnc(NC(=O)[C@@H](COCc3ccccc3)NC(=O)C(C)(C)N)c2)CC1. The Morgan fingerprint density at radius 1 is 1.00 bits per heavy atom. The molecule has 226 valence electrons.